The van der Waals surface area contributed by atoms with Crippen LogP contribution in [0.25, 0.3) is 10.3 Å². The number of anilines is 1. The lowest BCUT2D eigenvalue weighted by molar-refractivity contribution is 0.0922. The van der Waals surface area contributed by atoms with Crippen LogP contribution in [-0.2, 0) is 0 Å². The predicted molar refractivity (Wildman–Crippen MR) is 66.9 cm³/mol. The van der Waals surface area contributed by atoms with Crippen molar-refractivity contribution < 1.29 is 4.79 Å². The van der Waals surface area contributed by atoms with Gasteiger partial charge in [0.25, 0.3) is 5.91 Å². The zero-order chi connectivity index (χ0) is 11.8. The van der Waals surface area contributed by atoms with Crippen molar-refractivity contribution in [2.24, 2.45) is 0 Å². The average molecular weight is 248 g/mol. The molecule has 6 heteroatoms. The van der Waals surface area contributed by atoms with E-state index in [0.29, 0.717) is 27.0 Å². The number of thiophene rings is 1. The first-order valence-electron chi connectivity index (χ1n) is 5.55. The van der Waals surface area contributed by atoms with Crippen LogP contribution in [0.15, 0.2) is 12.4 Å². The third kappa shape index (κ3) is 1.74. The number of nitrogens with zero attached hydrogens (tertiary/aromatic N) is 2. The maximum absolute atomic E-state index is 12.0. The fraction of sp³-hybridized carbons (Fsp3) is 0.364. The van der Waals surface area contributed by atoms with Crippen molar-refractivity contribution in [2.45, 2.75) is 25.3 Å². The quantitative estimate of drug-likeness (QED) is 0.845. The van der Waals surface area contributed by atoms with Crippen molar-refractivity contribution in [1.82, 2.24) is 15.3 Å². The van der Waals surface area contributed by atoms with Crippen molar-refractivity contribution in [3.05, 3.63) is 17.3 Å². The molecule has 0 unspecified atom stereocenters. The van der Waals surface area contributed by atoms with Crippen molar-refractivity contribution in [3.8, 4) is 0 Å². The molecule has 1 aliphatic carbocycles. The summed E-state index contributed by atoms with van der Waals surface area (Å²) in [4.78, 5) is 21.5. The summed E-state index contributed by atoms with van der Waals surface area (Å²) in [5, 5.41) is 2.97. The Morgan fingerprint density at radius 3 is 2.82 bits per heavy atom. The standard InChI is InChI=1S/C11H12N4OS/c12-7-8-11(14-5-4-13-8)17-9(7)10(16)15-6-2-1-3-6/h4-6H,1-3,12H2,(H,15,16). The van der Waals surface area contributed by atoms with Gasteiger partial charge >= 0.3 is 0 Å². The maximum Gasteiger partial charge on any atom is 0.263 e. The van der Waals surface area contributed by atoms with Gasteiger partial charge in [0.05, 0.1) is 5.69 Å². The summed E-state index contributed by atoms with van der Waals surface area (Å²) < 4.78 is 0. The molecule has 0 saturated heterocycles. The minimum atomic E-state index is -0.1000. The SMILES string of the molecule is Nc1c(C(=O)NC2CCC2)sc2nccnc12. The number of aromatic nitrogens is 2. The molecule has 1 aliphatic rings. The van der Waals surface area contributed by atoms with Crippen LogP contribution in [0.4, 0.5) is 5.69 Å². The molecule has 17 heavy (non-hydrogen) atoms. The van der Waals surface area contributed by atoms with Gasteiger partial charge in [-0.1, -0.05) is 0 Å². The molecule has 0 spiro atoms. The largest absolute Gasteiger partial charge is 0.396 e. The summed E-state index contributed by atoms with van der Waals surface area (Å²) in [6.07, 6.45) is 6.50. The Balaban J connectivity index is 1.93. The van der Waals surface area contributed by atoms with Gasteiger partial charge < -0.3 is 11.1 Å². The van der Waals surface area contributed by atoms with Gasteiger partial charge in [-0.3, -0.25) is 4.79 Å². The molecule has 5 nitrogen and oxygen atoms in total. The smallest absolute Gasteiger partial charge is 0.263 e. The summed E-state index contributed by atoms with van der Waals surface area (Å²) in [5.74, 6) is -0.1000. The zero-order valence-electron chi connectivity index (χ0n) is 9.14. The summed E-state index contributed by atoms with van der Waals surface area (Å²) in [5.41, 5.74) is 6.98. The minimum absolute atomic E-state index is 0.1000. The maximum atomic E-state index is 12.0. The van der Waals surface area contributed by atoms with Crippen LogP contribution in [0.3, 0.4) is 0 Å². The third-order valence-corrected chi connectivity index (χ3v) is 4.11. The van der Waals surface area contributed by atoms with Crippen LogP contribution >= 0.6 is 11.3 Å². The van der Waals surface area contributed by atoms with Crippen molar-refractivity contribution in [2.75, 3.05) is 5.73 Å². The fourth-order valence-electron chi connectivity index (χ4n) is 1.82. The first kappa shape index (κ1) is 10.5. The zero-order valence-corrected chi connectivity index (χ0v) is 9.96. The van der Waals surface area contributed by atoms with E-state index in [1.807, 2.05) is 0 Å². The Kier molecular flexibility index (Phi) is 2.44. The van der Waals surface area contributed by atoms with E-state index in [1.54, 1.807) is 12.4 Å². The number of hydrogen-bond acceptors (Lipinski definition) is 5. The minimum Gasteiger partial charge on any atom is -0.396 e. The Morgan fingerprint density at radius 1 is 1.41 bits per heavy atom. The van der Waals surface area contributed by atoms with Crippen molar-refractivity contribution in [1.29, 1.82) is 0 Å². The molecule has 2 aromatic rings. The highest BCUT2D eigenvalue weighted by Crippen LogP contribution is 2.30. The molecule has 1 saturated carbocycles. The Bertz CT molecular complexity index is 576. The lowest BCUT2D eigenvalue weighted by atomic mass is 9.93. The van der Waals surface area contributed by atoms with Crippen LogP contribution in [-0.4, -0.2) is 21.9 Å². The first-order valence-corrected chi connectivity index (χ1v) is 6.37. The molecule has 0 aliphatic heterocycles. The van der Waals surface area contributed by atoms with Crippen LogP contribution in [0.5, 0.6) is 0 Å². The van der Waals surface area contributed by atoms with E-state index in [0.717, 1.165) is 12.8 Å². The third-order valence-electron chi connectivity index (χ3n) is 3.01. The second-order valence-corrected chi connectivity index (χ2v) is 5.16. The van der Waals surface area contributed by atoms with Crippen LogP contribution < -0.4 is 11.1 Å². The molecule has 1 fully saturated rings. The second kappa shape index (κ2) is 3.96. The van der Waals surface area contributed by atoms with Gasteiger partial charge in [0.2, 0.25) is 0 Å². The molecule has 0 aromatic carbocycles. The van der Waals surface area contributed by atoms with Gasteiger partial charge in [-0.2, -0.15) is 0 Å². The van der Waals surface area contributed by atoms with Gasteiger partial charge in [0.1, 0.15) is 15.2 Å². The lowest BCUT2D eigenvalue weighted by Crippen LogP contribution is -2.39. The molecule has 3 rings (SSSR count). The Hall–Kier alpha value is -1.69. The average Bonchev–Trinajstić information content (AvgIpc) is 2.62. The lowest BCUT2D eigenvalue weighted by Gasteiger charge is -2.26. The molecule has 0 radical (unpaired) electrons. The first-order chi connectivity index (χ1) is 8.25. The number of amides is 1. The topological polar surface area (TPSA) is 80.9 Å². The number of fused-ring (bicyclic) bond motifs is 1. The van der Waals surface area contributed by atoms with Crippen LogP contribution in [0.2, 0.25) is 0 Å². The van der Waals surface area contributed by atoms with E-state index >= 15 is 0 Å². The number of carbonyl (C=O) groups is 1. The number of hydrogen-bond donors (Lipinski definition) is 2. The van der Waals surface area contributed by atoms with Crippen molar-refractivity contribution in [3.63, 3.8) is 0 Å². The molecule has 2 heterocycles. The fourth-order valence-corrected chi connectivity index (χ4v) is 2.74. The number of rotatable bonds is 2. The molecule has 0 atom stereocenters. The number of nitrogen functional groups attached to an aromatic ring is 1. The highest BCUT2D eigenvalue weighted by atomic mass is 32.1. The Labute approximate surface area is 102 Å². The second-order valence-electron chi connectivity index (χ2n) is 4.16. The number of nitrogens with two attached hydrogens (primary N) is 1. The summed E-state index contributed by atoms with van der Waals surface area (Å²) in [7, 11) is 0. The molecular formula is C11H12N4OS. The molecule has 2 aromatic heterocycles. The normalized spacial score (nSPS) is 15.8. The van der Waals surface area contributed by atoms with E-state index in [1.165, 1.54) is 17.8 Å². The molecule has 0 bridgehead atoms. The van der Waals surface area contributed by atoms with Gasteiger partial charge in [-0.25, -0.2) is 9.97 Å². The van der Waals surface area contributed by atoms with Gasteiger partial charge in [0, 0.05) is 18.4 Å². The monoisotopic (exact) mass is 248 g/mol. The summed E-state index contributed by atoms with van der Waals surface area (Å²) in [6, 6.07) is 0.313. The summed E-state index contributed by atoms with van der Waals surface area (Å²) >= 11 is 1.30. The van der Waals surface area contributed by atoms with E-state index in [2.05, 4.69) is 15.3 Å². The Morgan fingerprint density at radius 2 is 2.18 bits per heavy atom. The molecule has 3 N–H and O–H groups in total. The van der Waals surface area contributed by atoms with E-state index < -0.39 is 0 Å². The molecular weight excluding hydrogens is 236 g/mol. The van der Waals surface area contributed by atoms with Gasteiger partial charge in [-0.05, 0) is 19.3 Å². The molecule has 88 valence electrons. The van der Waals surface area contributed by atoms with E-state index in [9.17, 15) is 4.79 Å². The highest BCUT2D eigenvalue weighted by molar-refractivity contribution is 7.21. The highest BCUT2D eigenvalue weighted by Gasteiger charge is 2.23. The predicted octanol–water partition coefficient (Wildman–Crippen LogP) is 1.56. The van der Waals surface area contributed by atoms with Crippen LogP contribution in [0, 0.1) is 0 Å². The number of carbonyl (C=O) groups excluding carboxylic acids is 1. The van der Waals surface area contributed by atoms with Crippen LogP contribution in [0.1, 0.15) is 28.9 Å². The van der Waals surface area contributed by atoms with Crippen molar-refractivity contribution >= 4 is 33.3 Å². The number of nitrogens with one attached hydrogen (secondary N) is 1. The van der Waals surface area contributed by atoms with Gasteiger partial charge in [0.15, 0.2) is 0 Å². The van der Waals surface area contributed by atoms with E-state index in [4.69, 9.17) is 5.73 Å². The molecule has 1 amide bonds. The van der Waals surface area contributed by atoms with Gasteiger partial charge in [-0.15, -0.1) is 11.3 Å². The summed E-state index contributed by atoms with van der Waals surface area (Å²) in [6.45, 7) is 0. The van der Waals surface area contributed by atoms with E-state index in [-0.39, 0.29) is 5.91 Å².